The van der Waals surface area contributed by atoms with Gasteiger partial charge in [0.15, 0.2) is 11.6 Å². The average Bonchev–Trinajstić information content (AvgIpc) is 3.03. The molecule has 126 valence electrons. The van der Waals surface area contributed by atoms with Crippen molar-refractivity contribution in [2.75, 3.05) is 46.6 Å². The SMILES string of the molecule is COc1c(F)cccc1C(=O)N[C@H]1COC[C@@H]1N1CCOCC1. The van der Waals surface area contributed by atoms with Crippen LogP contribution >= 0.6 is 0 Å². The van der Waals surface area contributed by atoms with E-state index >= 15 is 0 Å². The highest BCUT2D eigenvalue weighted by Gasteiger charge is 2.35. The maximum absolute atomic E-state index is 13.7. The van der Waals surface area contributed by atoms with Gasteiger partial charge in [-0.1, -0.05) is 6.07 Å². The number of ether oxygens (including phenoxy) is 3. The normalized spacial score (nSPS) is 25.3. The lowest BCUT2D eigenvalue weighted by molar-refractivity contribution is 0.0108. The predicted molar refractivity (Wildman–Crippen MR) is 81.2 cm³/mol. The summed E-state index contributed by atoms with van der Waals surface area (Å²) in [6.45, 7) is 4.05. The van der Waals surface area contributed by atoms with Crippen LogP contribution in [-0.4, -0.2) is 69.5 Å². The molecule has 2 atom stereocenters. The van der Waals surface area contributed by atoms with Crippen LogP contribution in [0.2, 0.25) is 0 Å². The summed E-state index contributed by atoms with van der Waals surface area (Å²) in [6, 6.07) is 4.30. The maximum Gasteiger partial charge on any atom is 0.255 e. The van der Waals surface area contributed by atoms with Crippen LogP contribution in [0.3, 0.4) is 0 Å². The summed E-state index contributed by atoms with van der Waals surface area (Å²) < 4.78 is 29.6. The predicted octanol–water partition coefficient (Wildman–Crippen LogP) is 0.664. The molecule has 7 heteroatoms. The summed E-state index contributed by atoms with van der Waals surface area (Å²) >= 11 is 0. The Kier molecular flexibility index (Phi) is 5.09. The minimum atomic E-state index is -0.549. The number of morpholine rings is 1. The fourth-order valence-electron chi connectivity index (χ4n) is 3.09. The zero-order valence-corrected chi connectivity index (χ0v) is 13.1. The number of halogens is 1. The molecule has 1 amide bonds. The highest BCUT2D eigenvalue weighted by Crippen LogP contribution is 2.23. The van der Waals surface area contributed by atoms with Crippen LogP contribution in [0.15, 0.2) is 18.2 Å². The van der Waals surface area contributed by atoms with Crippen LogP contribution in [0.25, 0.3) is 0 Å². The third-order valence-corrected chi connectivity index (χ3v) is 4.30. The molecule has 0 radical (unpaired) electrons. The van der Waals surface area contributed by atoms with Crippen molar-refractivity contribution in [1.29, 1.82) is 0 Å². The van der Waals surface area contributed by atoms with Gasteiger partial charge in [0, 0.05) is 13.1 Å². The van der Waals surface area contributed by atoms with Crippen molar-refractivity contribution in [2.45, 2.75) is 12.1 Å². The number of amides is 1. The highest BCUT2D eigenvalue weighted by molar-refractivity contribution is 5.97. The number of carbonyl (C=O) groups is 1. The average molecular weight is 324 g/mol. The van der Waals surface area contributed by atoms with Crippen LogP contribution in [0.4, 0.5) is 4.39 Å². The van der Waals surface area contributed by atoms with Crippen molar-refractivity contribution in [3.05, 3.63) is 29.6 Å². The first-order valence-electron chi connectivity index (χ1n) is 7.73. The first-order valence-corrected chi connectivity index (χ1v) is 7.73. The minimum Gasteiger partial charge on any atom is -0.493 e. The monoisotopic (exact) mass is 324 g/mol. The Morgan fingerprint density at radius 1 is 1.30 bits per heavy atom. The summed E-state index contributed by atoms with van der Waals surface area (Å²) in [5.74, 6) is -0.936. The van der Waals surface area contributed by atoms with Crippen molar-refractivity contribution < 1.29 is 23.4 Å². The van der Waals surface area contributed by atoms with Crippen LogP contribution in [0.5, 0.6) is 5.75 Å². The van der Waals surface area contributed by atoms with Gasteiger partial charge in [-0.2, -0.15) is 0 Å². The van der Waals surface area contributed by atoms with Crippen LogP contribution in [0.1, 0.15) is 10.4 Å². The van der Waals surface area contributed by atoms with Gasteiger partial charge >= 0.3 is 0 Å². The van der Waals surface area contributed by atoms with E-state index in [9.17, 15) is 9.18 Å². The Bertz CT molecular complexity index is 563. The van der Waals surface area contributed by atoms with Crippen molar-refractivity contribution in [3.63, 3.8) is 0 Å². The standard InChI is InChI=1S/C16H21FN2O4/c1-21-15-11(3-2-4-12(15)17)16(20)18-13-9-23-10-14(13)19-5-7-22-8-6-19/h2-4,13-14H,5-10H2,1H3,(H,18,20)/t13-,14-/m0/s1. The third-order valence-electron chi connectivity index (χ3n) is 4.30. The van der Waals surface area contributed by atoms with Gasteiger partial charge in [-0.15, -0.1) is 0 Å². The van der Waals surface area contributed by atoms with Crippen molar-refractivity contribution >= 4 is 5.91 Å². The molecule has 2 heterocycles. The topological polar surface area (TPSA) is 60.0 Å². The molecule has 0 aromatic heterocycles. The van der Waals surface area contributed by atoms with Gasteiger partial charge in [0.1, 0.15) is 0 Å². The lowest BCUT2D eigenvalue weighted by atomic mass is 10.1. The fourth-order valence-corrected chi connectivity index (χ4v) is 3.09. The lowest BCUT2D eigenvalue weighted by Crippen LogP contribution is -2.54. The number of carbonyl (C=O) groups excluding carboxylic acids is 1. The van der Waals surface area contributed by atoms with Crippen molar-refractivity contribution in [2.24, 2.45) is 0 Å². The van der Waals surface area contributed by atoms with Gasteiger partial charge in [-0.25, -0.2) is 4.39 Å². The molecule has 1 N–H and O–H groups in total. The Labute approximate surface area is 134 Å². The largest absolute Gasteiger partial charge is 0.493 e. The molecule has 23 heavy (non-hydrogen) atoms. The molecular weight excluding hydrogens is 303 g/mol. The van der Waals surface area contributed by atoms with Crippen molar-refractivity contribution in [3.8, 4) is 5.75 Å². The molecule has 0 unspecified atom stereocenters. The second-order valence-corrected chi connectivity index (χ2v) is 5.65. The Hall–Kier alpha value is -1.70. The maximum atomic E-state index is 13.7. The first-order chi connectivity index (χ1) is 11.2. The molecule has 1 aromatic carbocycles. The molecular formula is C16H21FN2O4. The fraction of sp³-hybridized carbons (Fsp3) is 0.562. The zero-order valence-electron chi connectivity index (χ0n) is 13.1. The van der Waals surface area contributed by atoms with E-state index in [1.54, 1.807) is 6.07 Å². The number of hydrogen-bond acceptors (Lipinski definition) is 5. The number of methoxy groups -OCH3 is 1. The molecule has 1 aromatic rings. The molecule has 2 aliphatic rings. The van der Waals surface area contributed by atoms with Gasteiger partial charge in [-0.3, -0.25) is 9.69 Å². The van der Waals surface area contributed by atoms with E-state index in [1.165, 1.54) is 19.2 Å². The number of hydrogen-bond donors (Lipinski definition) is 1. The number of nitrogens with zero attached hydrogens (tertiary/aromatic N) is 1. The summed E-state index contributed by atoms with van der Waals surface area (Å²) in [5, 5.41) is 2.95. The van der Waals surface area contributed by atoms with E-state index in [2.05, 4.69) is 10.2 Å². The molecule has 2 saturated heterocycles. The van der Waals surface area contributed by atoms with Crippen LogP contribution in [-0.2, 0) is 9.47 Å². The molecule has 0 aliphatic carbocycles. The number of benzene rings is 1. The van der Waals surface area contributed by atoms with Gasteiger partial charge in [-0.05, 0) is 12.1 Å². The second kappa shape index (κ2) is 7.25. The molecule has 2 fully saturated rings. The van der Waals surface area contributed by atoms with Gasteiger partial charge in [0.2, 0.25) is 0 Å². The Morgan fingerprint density at radius 2 is 2.09 bits per heavy atom. The summed E-state index contributed by atoms with van der Waals surface area (Å²) in [4.78, 5) is 14.8. The molecule has 0 spiro atoms. The van der Waals surface area contributed by atoms with E-state index in [1.807, 2.05) is 0 Å². The zero-order chi connectivity index (χ0) is 16.2. The molecule has 6 nitrogen and oxygen atoms in total. The first kappa shape index (κ1) is 16.2. The van der Waals surface area contributed by atoms with E-state index in [4.69, 9.17) is 14.2 Å². The number of para-hydroxylation sites is 1. The lowest BCUT2D eigenvalue weighted by Gasteiger charge is -2.34. The quantitative estimate of drug-likeness (QED) is 0.882. The van der Waals surface area contributed by atoms with E-state index in [0.717, 1.165) is 13.1 Å². The summed E-state index contributed by atoms with van der Waals surface area (Å²) in [7, 11) is 1.35. The smallest absolute Gasteiger partial charge is 0.255 e. The molecule has 0 saturated carbocycles. The second-order valence-electron chi connectivity index (χ2n) is 5.65. The van der Waals surface area contributed by atoms with Gasteiger partial charge < -0.3 is 19.5 Å². The van der Waals surface area contributed by atoms with E-state index < -0.39 is 5.82 Å². The Balaban J connectivity index is 1.70. The summed E-state index contributed by atoms with van der Waals surface area (Å²) in [6.07, 6.45) is 0. The number of rotatable bonds is 4. The third kappa shape index (κ3) is 3.46. The molecule has 2 aliphatic heterocycles. The molecule has 0 bridgehead atoms. The van der Waals surface area contributed by atoms with E-state index in [0.29, 0.717) is 26.4 Å². The van der Waals surface area contributed by atoms with Crippen LogP contribution < -0.4 is 10.1 Å². The van der Waals surface area contributed by atoms with Crippen LogP contribution in [0, 0.1) is 5.82 Å². The number of nitrogens with one attached hydrogen (secondary N) is 1. The molecule has 3 rings (SSSR count). The highest BCUT2D eigenvalue weighted by atomic mass is 19.1. The minimum absolute atomic E-state index is 0.0353. The van der Waals surface area contributed by atoms with Gasteiger partial charge in [0.05, 0.1) is 51.2 Å². The van der Waals surface area contributed by atoms with E-state index in [-0.39, 0.29) is 29.3 Å². The summed E-state index contributed by atoms with van der Waals surface area (Å²) in [5.41, 5.74) is 0.195. The Morgan fingerprint density at radius 3 is 2.83 bits per heavy atom. The van der Waals surface area contributed by atoms with Gasteiger partial charge in [0.25, 0.3) is 5.91 Å². The van der Waals surface area contributed by atoms with Crippen molar-refractivity contribution in [1.82, 2.24) is 10.2 Å².